The van der Waals surface area contributed by atoms with E-state index in [9.17, 15) is 0 Å². The van der Waals surface area contributed by atoms with Crippen LogP contribution in [0.25, 0.3) is 96.5 Å². The lowest BCUT2D eigenvalue weighted by Crippen LogP contribution is -1.96. The average molecular weight is 673 g/mol. The van der Waals surface area contributed by atoms with Gasteiger partial charge in [-0.05, 0) is 52.6 Å². The third-order valence-corrected chi connectivity index (χ3v) is 11.8. The Morgan fingerprint density at radius 1 is 0.280 bits per heavy atom. The third kappa shape index (κ3) is 5.09. The van der Waals surface area contributed by atoms with Crippen LogP contribution < -0.4 is 0 Å². The highest BCUT2D eigenvalue weighted by Gasteiger charge is 2.13. The van der Waals surface area contributed by atoms with E-state index in [1.165, 1.54) is 62.6 Å². The maximum atomic E-state index is 5.07. The predicted molar refractivity (Wildman–Crippen MR) is 215 cm³/mol. The van der Waals surface area contributed by atoms with Gasteiger partial charge in [0.1, 0.15) is 0 Å². The highest BCUT2D eigenvalue weighted by Crippen LogP contribution is 2.38. The van der Waals surface area contributed by atoms with Crippen LogP contribution >= 0.6 is 22.7 Å². The number of rotatable bonds is 5. The lowest BCUT2D eigenvalue weighted by Gasteiger charge is -2.11. The summed E-state index contributed by atoms with van der Waals surface area (Å²) in [4.78, 5) is 10.1. The van der Waals surface area contributed by atoms with Gasteiger partial charge in [0.25, 0.3) is 0 Å². The van der Waals surface area contributed by atoms with Crippen LogP contribution in [-0.4, -0.2) is 9.97 Å². The number of thiophene rings is 2. The first kappa shape index (κ1) is 29.0. The summed E-state index contributed by atoms with van der Waals surface area (Å²) in [5, 5.41) is 5.29. The molecule has 0 saturated carbocycles. The van der Waals surface area contributed by atoms with Crippen LogP contribution in [0.1, 0.15) is 0 Å². The first-order valence-electron chi connectivity index (χ1n) is 16.7. The van der Waals surface area contributed by atoms with E-state index < -0.39 is 0 Å². The van der Waals surface area contributed by atoms with E-state index in [1.54, 1.807) is 0 Å². The van der Waals surface area contributed by atoms with Crippen LogP contribution in [0.4, 0.5) is 0 Å². The van der Waals surface area contributed by atoms with Crippen LogP contribution in [0.15, 0.2) is 170 Å². The van der Waals surface area contributed by atoms with Gasteiger partial charge in [0.05, 0.1) is 11.4 Å². The van der Waals surface area contributed by atoms with E-state index in [4.69, 9.17) is 9.97 Å². The summed E-state index contributed by atoms with van der Waals surface area (Å²) in [6, 6.07) is 60.8. The Labute approximate surface area is 297 Å². The molecule has 0 unspecified atom stereocenters. The molecule has 0 aliphatic rings. The monoisotopic (exact) mass is 672 g/mol. The van der Waals surface area contributed by atoms with Gasteiger partial charge in [0, 0.05) is 57.0 Å². The van der Waals surface area contributed by atoms with Crippen LogP contribution in [0.2, 0.25) is 0 Å². The molecule has 0 amide bonds. The summed E-state index contributed by atoms with van der Waals surface area (Å²) in [6.07, 6.45) is 0. The standard InChI is InChI=1S/C46H28N2S2/c1-2-8-33(9-3-1)46-47-40(31-18-14-29(15-19-31)34-22-24-38-36-10-4-6-12-42(36)49-44(38)26-34)28-41(48-46)32-20-16-30(17-21-32)35-23-25-39-37-11-5-7-13-43(37)50-45(39)27-35/h1-28H. The molecule has 0 radical (unpaired) electrons. The second kappa shape index (κ2) is 11.9. The molecular weight excluding hydrogens is 645 g/mol. The molecule has 0 fully saturated rings. The van der Waals surface area contributed by atoms with Crippen molar-refractivity contribution >= 4 is 63.0 Å². The number of fused-ring (bicyclic) bond motifs is 6. The third-order valence-electron chi connectivity index (χ3n) is 9.54. The minimum absolute atomic E-state index is 0.719. The molecule has 7 aromatic carbocycles. The van der Waals surface area contributed by atoms with Crippen molar-refractivity contribution in [2.24, 2.45) is 0 Å². The molecule has 0 spiro atoms. The zero-order valence-electron chi connectivity index (χ0n) is 26.9. The molecular formula is C46H28N2S2. The van der Waals surface area contributed by atoms with Gasteiger partial charge in [-0.15, -0.1) is 22.7 Å². The smallest absolute Gasteiger partial charge is 0.160 e. The summed E-state index contributed by atoms with van der Waals surface area (Å²) in [7, 11) is 0. The van der Waals surface area contributed by atoms with Gasteiger partial charge in [-0.2, -0.15) is 0 Å². The van der Waals surface area contributed by atoms with E-state index in [-0.39, 0.29) is 0 Å². The number of hydrogen-bond donors (Lipinski definition) is 0. The lowest BCUT2D eigenvalue weighted by atomic mass is 9.99. The molecule has 0 atom stereocenters. The topological polar surface area (TPSA) is 25.8 Å². The number of benzene rings is 7. The molecule has 3 aromatic heterocycles. The van der Waals surface area contributed by atoms with Crippen molar-refractivity contribution in [3.63, 3.8) is 0 Å². The van der Waals surface area contributed by atoms with Crippen LogP contribution in [0.5, 0.6) is 0 Å². The van der Waals surface area contributed by atoms with Gasteiger partial charge >= 0.3 is 0 Å². The van der Waals surface area contributed by atoms with Crippen molar-refractivity contribution in [1.29, 1.82) is 0 Å². The number of hydrogen-bond acceptors (Lipinski definition) is 4. The molecule has 234 valence electrons. The van der Waals surface area contributed by atoms with Gasteiger partial charge in [-0.1, -0.05) is 140 Å². The molecule has 0 bridgehead atoms. The maximum Gasteiger partial charge on any atom is 0.160 e. The van der Waals surface area contributed by atoms with Crippen LogP contribution in [0.3, 0.4) is 0 Å². The molecule has 50 heavy (non-hydrogen) atoms. The Bertz CT molecular complexity index is 2670. The molecule has 0 aliphatic carbocycles. The van der Waals surface area contributed by atoms with Crippen molar-refractivity contribution in [1.82, 2.24) is 9.97 Å². The Hall–Kier alpha value is -5.94. The maximum absolute atomic E-state index is 5.07. The SMILES string of the molecule is c1ccc(-c2nc(-c3ccc(-c4ccc5c(c4)sc4ccccc45)cc3)cc(-c3ccc(-c4ccc5c(c4)sc4ccccc45)cc3)n2)cc1. The van der Waals surface area contributed by atoms with Crippen molar-refractivity contribution in [3.05, 3.63) is 170 Å². The fourth-order valence-corrected chi connectivity index (χ4v) is 9.23. The van der Waals surface area contributed by atoms with Crippen molar-refractivity contribution < 1.29 is 0 Å². The molecule has 0 aliphatic heterocycles. The van der Waals surface area contributed by atoms with E-state index in [2.05, 4.69) is 152 Å². The number of aromatic nitrogens is 2. The Morgan fingerprint density at radius 2 is 0.680 bits per heavy atom. The zero-order chi connectivity index (χ0) is 33.0. The Kier molecular flexibility index (Phi) is 6.90. The Morgan fingerprint density at radius 3 is 1.18 bits per heavy atom. The van der Waals surface area contributed by atoms with Crippen LogP contribution in [0, 0.1) is 0 Å². The summed E-state index contributed by atoms with van der Waals surface area (Å²) in [5.41, 5.74) is 9.74. The fraction of sp³-hybridized carbons (Fsp3) is 0. The molecule has 0 saturated heterocycles. The predicted octanol–water partition coefficient (Wildman–Crippen LogP) is 13.5. The lowest BCUT2D eigenvalue weighted by molar-refractivity contribution is 1.18. The molecule has 10 aromatic rings. The van der Waals surface area contributed by atoms with Crippen molar-refractivity contribution in [2.75, 3.05) is 0 Å². The second-order valence-corrected chi connectivity index (χ2v) is 14.8. The zero-order valence-corrected chi connectivity index (χ0v) is 28.5. The summed E-state index contributed by atoms with van der Waals surface area (Å²) in [6.45, 7) is 0. The largest absolute Gasteiger partial charge is 0.228 e. The first-order valence-corrected chi connectivity index (χ1v) is 18.4. The minimum atomic E-state index is 0.719. The van der Waals surface area contributed by atoms with Crippen LogP contribution in [-0.2, 0) is 0 Å². The summed E-state index contributed by atoms with van der Waals surface area (Å²) in [5.74, 6) is 0.719. The van der Waals surface area contributed by atoms with Crippen molar-refractivity contribution in [2.45, 2.75) is 0 Å². The Balaban J connectivity index is 0.999. The molecule has 10 rings (SSSR count). The summed E-state index contributed by atoms with van der Waals surface area (Å²) >= 11 is 3.71. The quantitative estimate of drug-likeness (QED) is 0.182. The normalized spacial score (nSPS) is 11.6. The molecule has 4 heteroatoms. The van der Waals surface area contributed by atoms with Crippen molar-refractivity contribution in [3.8, 4) is 56.2 Å². The highest BCUT2D eigenvalue weighted by molar-refractivity contribution is 7.26. The van der Waals surface area contributed by atoms with E-state index >= 15 is 0 Å². The van der Waals surface area contributed by atoms with Gasteiger partial charge < -0.3 is 0 Å². The second-order valence-electron chi connectivity index (χ2n) is 12.6. The molecule has 2 nitrogen and oxygen atoms in total. The average Bonchev–Trinajstić information content (AvgIpc) is 3.76. The van der Waals surface area contributed by atoms with Gasteiger partial charge in [-0.25, -0.2) is 9.97 Å². The van der Waals surface area contributed by atoms with E-state index in [0.29, 0.717) is 0 Å². The molecule has 3 heterocycles. The van der Waals surface area contributed by atoms with E-state index in [0.717, 1.165) is 33.9 Å². The number of nitrogens with zero attached hydrogens (tertiary/aromatic N) is 2. The van der Waals surface area contributed by atoms with Gasteiger partial charge in [0.2, 0.25) is 0 Å². The van der Waals surface area contributed by atoms with Gasteiger partial charge in [0.15, 0.2) is 5.82 Å². The molecule has 0 N–H and O–H groups in total. The van der Waals surface area contributed by atoms with Gasteiger partial charge in [-0.3, -0.25) is 0 Å². The fourth-order valence-electron chi connectivity index (χ4n) is 6.94. The van der Waals surface area contributed by atoms with E-state index in [1.807, 2.05) is 40.9 Å². The minimum Gasteiger partial charge on any atom is -0.228 e. The summed E-state index contributed by atoms with van der Waals surface area (Å²) < 4.78 is 5.28. The highest BCUT2D eigenvalue weighted by atomic mass is 32.1. The first-order chi connectivity index (χ1) is 24.7.